The van der Waals surface area contributed by atoms with Gasteiger partial charge in [0.25, 0.3) is 0 Å². The van der Waals surface area contributed by atoms with Gasteiger partial charge < -0.3 is 14.2 Å². The van der Waals surface area contributed by atoms with Gasteiger partial charge in [-0.2, -0.15) is 0 Å². The van der Waals surface area contributed by atoms with Gasteiger partial charge in [0.05, 0.1) is 19.8 Å². The Morgan fingerprint density at radius 2 is 1.73 bits per heavy atom. The van der Waals surface area contributed by atoms with E-state index in [-0.39, 0.29) is 11.0 Å². The smallest absolute Gasteiger partial charge is 0.183 e. The highest BCUT2D eigenvalue weighted by atomic mass is 32.2. The Morgan fingerprint density at radius 1 is 1.05 bits per heavy atom. The highest BCUT2D eigenvalue weighted by Gasteiger charge is 2.30. The summed E-state index contributed by atoms with van der Waals surface area (Å²) < 4.78 is 16.0. The zero-order valence-electron chi connectivity index (χ0n) is 12.4. The molecule has 5 heteroatoms. The topological polar surface area (TPSA) is 44.8 Å². The van der Waals surface area contributed by atoms with E-state index in [9.17, 15) is 4.79 Å². The number of ether oxygens (including phenoxy) is 3. The molecular formula is C17H16O4S. The molecule has 0 aliphatic carbocycles. The van der Waals surface area contributed by atoms with Gasteiger partial charge in [0.1, 0.15) is 29.1 Å². The minimum Gasteiger partial charge on any atom is -0.497 e. The van der Waals surface area contributed by atoms with E-state index >= 15 is 0 Å². The molecule has 1 aliphatic rings. The van der Waals surface area contributed by atoms with Crippen LogP contribution in [-0.4, -0.2) is 31.9 Å². The normalized spacial score (nSPS) is 16.6. The van der Waals surface area contributed by atoms with E-state index in [0.29, 0.717) is 23.7 Å². The first kappa shape index (κ1) is 14.8. The van der Waals surface area contributed by atoms with E-state index in [1.807, 2.05) is 24.3 Å². The van der Waals surface area contributed by atoms with Crippen molar-refractivity contribution in [3.8, 4) is 17.2 Å². The van der Waals surface area contributed by atoms with Crippen molar-refractivity contribution in [2.24, 2.45) is 0 Å². The summed E-state index contributed by atoms with van der Waals surface area (Å²) >= 11 is 1.50. The maximum Gasteiger partial charge on any atom is 0.183 e. The van der Waals surface area contributed by atoms with E-state index in [4.69, 9.17) is 14.2 Å². The summed E-state index contributed by atoms with van der Waals surface area (Å²) in [6.45, 7) is 0.357. The Hall–Kier alpha value is -2.14. The fourth-order valence-corrected chi connectivity index (χ4v) is 3.27. The van der Waals surface area contributed by atoms with Crippen LogP contribution in [0.5, 0.6) is 17.2 Å². The van der Waals surface area contributed by atoms with E-state index in [1.54, 1.807) is 32.4 Å². The van der Waals surface area contributed by atoms with Crippen molar-refractivity contribution in [2.45, 2.75) is 10.1 Å². The van der Waals surface area contributed by atoms with Gasteiger partial charge >= 0.3 is 0 Å². The molecule has 0 amide bonds. The monoisotopic (exact) mass is 316 g/mol. The zero-order chi connectivity index (χ0) is 15.5. The maximum atomic E-state index is 12.6. The molecule has 1 aliphatic heterocycles. The first-order valence-corrected chi connectivity index (χ1v) is 7.75. The first-order chi connectivity index (χ1) is 10.7. The molecule has 3 rings (SSSR count). The SMILES string of the molecule is COc1ccc(SC2COc3cc(OC)ccc3C2=O)cc1. The summed E-state index contributed by atoms with van der Waals surface area (Å²) in [4.78, 5) is 13.6. The molecule has 0 fully saturated rings. The maximum absolute atomic E-state index is 12.6. The van der Waals surface area contributed by atoms with Gasteiger partial charge in [-0.1, -0.05) is 0 Å². The van der Waals surface area contributed by atoms with Crippen LogP contribution in [0.25, 0.3) is 0 Å². The highest BCUT2D eigenvalue weighted by Crippen LogP contribution is 2.35. The zero-order valence-corrected chi connectivity index (χ0v) is 13.2. The number of rotatable bonds is 4. The van der Waals surface area contributed by atoms with Gasteiger partial charge in [-0.3, -0.25) is 4.79 Å². The minimum absolute atomic E-state index is 0.0877. The van der Waals surface area contributed by atoms with Crippen molar-refractivity contribution in [2.75, 3.05) is 20.8 Å². The van der Waals surface area contributed by atoms with Crippen LogP contribution in [0.15, 0.2) is 47.4 Å². The molecular weight excluding hydrogens is 300 g/mol. The number of ketones is 1. The number of carbonyl (C=O) groups excluding carboxylic acids is 1. The summed E-state index contributed by atoms with van der Waals surface area (Å²) in [5, 5.41) is -0.241. The molecule has 0 spiro atoms. The standard InChI is InChI=1S/C17H16O4S/c1-19-11-3-6-13(7-4-11)22-16-10-21-15-9-12(20-2)5-8-14(15)17(16)18/h3-9,16H,10H2,1-2H3. The van der Waals surface area contributed by atoms with Crippen molar-refractivity contribution in [1.29, 1.82) is 0 Å². The van der Waals surface area contributed by atoms with Gasteiger partial charge in [-0.05, 0) is 36.4 Å². The first-order valence-electron chi connectivity index (χ1n) is 6.87. The Morgan fingerprint density at radius 3 is 2.41 bits per heavy atom. The largest absolute Gasteiger partial charge is 0.497 e. The molecule has 0 radical (unpaired) electrons. The fraction of sp³-hybridized carbons (Fsp3) is 0.235. The van der Waals surface area contributed by atoms with Crippen molar-refractivity contribution < 1.29 is 19.0 Å². The van der Waals surface area contributed by atoms with Crippen LogP contribution in [0.1, 0.15) is 10.4 Å². The molecule has 1 heterocycles. The molecule has 0 aromatic heterocycles. The van der Waals surface area contributed by atoms with Crippen LogP contribution < -0.4 is 14.2 Å². The Balaban J connectivity index is 1.77. The average Bonchev–Trinajstić information content (AvgIpc) is 2.57. The molecule has 4 nitrogen and oxygen atoms in total. The van der Waals surface area contributed by atoms with Crippen LogP contribution in [-0.2, 0) is 0 Å². The van der Waals surface area contributed by atoms with E-state index in [2.05, 4.69) is 0 Å². The molecule has 0 bridgehead atoms. The minimum atomic E-state index is -0.241. The number of Topliss-reactive ketones (excluding diaryl/α,β-unsaturated/α-hetero) is 1. The third-order valence-electron chi connectivity index (χ3n) is 3.47. The predicted octanol–water partition coefficient (Wildman–Crippen LogP) is 3.44. The Labute approximate surface area is 133 Å². The fourth-order valence-electron chi connectivity index (χ4n) is 2.27. The van der Waals surface area contributed by atoms with Gasteiger partial charge in [-0.25, -0.2) is 0 Å². The van der Waals surface area contributed by atoms with Gasteiger partial charge in [0.2, 0.25) is 0 Å². The quantitative estimate of drug-likeness (QED) is 0.864. The number of thioether (sulfide) groups is 1. The summed E-state index contributed by atoms with van der Waals surface area (Å²) in [6, 6.07) is 12.9. The number of hydrogen-bond acceptors (Lipinski definition) is 5. The van der Waals surface area contributed by atoms with Crippen LogP contribution in [0, 0.1) is 0 Å². The summed E-state index contributed by atoms with van der Waals surface area (Å²) in [7, 11) is 3.22. The van der Waals surface area contributed by atoms with E-state index in [1.165, 1.54) is 11.8 Å². The molecule has 0 saturated heterocycles. The van der Waals surface area contributed by atoms with Crippen molar-refractivity contribution >= 4 is 17.5 Å². The third kappa shape index (κ3) is 2.90. The van der Waals surface area contributed by atoms with Crippen LogP contribution in [0.4, 0.5) is 0 Å². The lowest BCUT2D eigenvalue weighted by molar-refractivity contribution is 0.0943. The van der Waals surface area contributed by atoms with Crippen molar-refractivity contribution in [3.05, 3.63) is 48.0 Å². The van der Waals surface area contributed by atoms with E-state index in [0.717, 1.165) is 10.6 Å². The molecule has 0 saturated carbocycles. The second-order valence-electron chi connectivity index (χ2n) is 4.82. The lowest BCUT2D eigenvalue weighted by Crippen LogP contribution is -2.30. The van der Waals surface area contributed by atoms with Crippen molar-refractivity contribution in [1.82, 2.24) is 0 Å². The molecule has 22 heavy (non-hydrogen) atoms. The third-order valence-corrected chi connectivity index (χ3v) is 4.65. The molecule has 0 N–H and O–H groups in total. The molecule has 1 atom stereocenters. The number of benzene rings is 2. The Bertz CT molecular complexity index is 682. The number of carbonyl (C=O) groups is 1. The lowest BCUT2D eigenvalue weighted by atomic mass is 10.0. The number of methoxy groups -OCH3 is 2. The van der Waals surface area contributed by atoms with Gasteiger partial charge in [0.15, 0.2) is 5.78 Å². The highest BCUT2D eigenvalue weighted by molar-refractivity contribution is 8.00. The summed E-state index contributed by atoms with van der Waals surface area (Å²) in [6.07, 6.45) is 0. The van der Waals surface area contributed by atoms with Crippen molar-refractivity contribution in [3.63, 3.8) is 0 Å². The molecule has 1 unspecified atom stereocenters. The number of fused-ring (bicyclic) bond motifs is 1. The summed E-state index contributed by atoms with van der Waals surface area (Å²) in [5.41, 5.74) is 0.609. The average molecular weight is 316 g/mol. The molecule has 114 valence electrons. The predicted molar refractivity (Wildman–Crippen MR) is 85.5 cm³/mol. The molecule has 2 aromatic carbocycles. The van der Waals surface area contributed by atoms with Gasteiger partial charge in [-0.15, -0.1) is 11.8 Å². The lowest BCUT2D eigenvalue weighted by Gasteiger charge is -2.24. The Kier molecular flexibility index (Phi) is 4.24. The van der Waals surface area contributed by atoms with Crippen LogP contribution in [0.2, 0.25) is 0 Å². The van der Waals surface area contributed by atoms with E-state index < -0.39 is 0 Å². The van der Waals surface area contributed by atoms with Gasteiger partial charge in [0, 0.05) is 11.0 Å². The van der Waals surface area contributed by atoms with Crippen LogP contribution in [0.3, 0.4) is 0 Å². The number of hydrogen-bond donors (Lipinski definition) is 0. The second-order valence-corrected chi connectivity index (χ2v) is 6.10. The second kappa shape index (κ2) is 6.32. The summed E-state index contributed by atoms with van der Waals surface area (Å²) in [5.74, 6) is 2.17. The van der Waals surface area contributed by atoms with Crippen LogP contribution >= 0.6 is 11.8 Å². The molecule has 2 aromatic rings.